The second-order valence-electron chi connectivity index (χ2n) is 4.97. The smallest absolute Gasteiger partial charge is 0.223 e. The summed E-state index contributed by atoms with van der Waals surface area (Å²) in [7, 11) is 3.34. The van der Waals surface area contributed by atoms with Gasteiger partial charge in [-0.1, -0.05) is 6.92 Å². The van der Waals surface area contributed by atoms with E-state index in [4.69, 9.17) is 9.47 Å². The highest BCUT2D eigenvalue weighted by molar-refractivity contribution is 5.20. The van der Waals surface area contributed by atoms with Crippen LogP contribution in [0.3, 0.4) is 0 Å². The molecular weight excluding hydrogens is 272 g/mol. The van der Waals surface area contributed by atoms with Crippen LogP contribution in [0.5, 0.6) is 5.75 Å². The van der Waals surface area contributed by atoms with Crippen LogP contribution < -0.4 is 5.43 Å². The van der Waals surface area contributed by atoms with Crippen LogP contribution in [0.1, 0.15) is 19.0 Å². The fourth-order valence-corrected chi connectivity index (χ4v) is 2.13. The SMILES string of the molecule is CCCn1cc(O)c(=O)cc1CN(CCOC)CCOC. The monoisotopic (exact) mass is 298 g/mol. The molecule has 0 radical (unpaired) electrons. The maximum Gasteiger partial charge on any atom is 0.223 e. The molecule has 120 valence electrons. The Hall–Kier alpha value is -1.37. The fourth-order valence-electron chi connectivity index (χ4n) is 2.13. The van der Waals surface area contributed by atoms with Crippen LogP contribution in [0.25, 0.3) is 0 Å². The van der Waals surface area contributed by atoms with Gasteiger partial charge in [0.1, 0.15) is 0 Å². The molecule has 1 N–H and O–H groups in total. The number of hydrogen-bond donors (Lipinski definition) is 1. The van der Waals surface area contributed by atoms with Gasteiger partial charge < -0.3 is 19.1 Å². The van der Waals surface area contributed by atoms with Crippen molar-refractivity contribution in [2.75, 3.05) is 40.5 Å². The van der Waals surface area contributed by atoms with Gasteiger partial charge in [0.25, 0.3) is 0 Å². The van der Waals surface area contributed by atoms with Crippen LogP contribution in [0.2, 0.25) is 0 Å². The minimum atomic E-state index is -0.337. The Kier molecular flexibility index (Phi) is 8.04. The van der Waals surface area contributed by atoms with E-state index in [1.165, 1.54) is 12.3 Å². The van der Waals surface area contributed by atoms with Crippen molar-refractivity contribution < 1.29 is 14.6 Å². The third kappa shape index (κ3) is 5.87. The summed E-state index contributed by atoms with van der Waals surface area (Å²) in [5.41, 5.74) is 0.558. The Bertz CT molecular complexity index is 465. The summed E-state index contributed by atoms with van der Waals surface area (Å²) in [6.45, 7) is 6.24. The van der Waals surface area contributed by atoms with Crippen LogP contribution >= 0.6 is 0 Å². The van der Waals surface area contributed by atoms with Crippen molar-refractivity contribution in [1.29, 1.82) is 0 Å². The third-order valence-corrected chi connectivity index (χ3v) is 3.27. The Morgan fingerprint density at radius 1 is 1.24 bits per heavy atom. The van der Waals surface area contributed by atoms with Crippen molar-refractivity contribution in [3.8, 4) is 5.75 Å². The molecule has 1 aromatic rings. The molecule has 0 aromatic carbocycles. The quantitative estimate of drug-likeness (QED) is 0.700. The molecule has 21 heavy (non-hydrogen) atoms. The summed E-state index contributed by atoms with van der Waals surface area (Å²) < 4.78 is 12.2. The van der Waals surface area contributed by atoms with E-state index in [9.17, 15) is 9.90 Å². The molecule has 6 nitrogen and oxygen atoms in total. The van der Waals surface area contributed by atoms with E-state index >= 15 is 0 Å². The lowest BCUT2D eigenvalue weighted by atomic mass is 10.2. The highest BCUT2D eigenvalue weighted by atomic mass is 16.5. The largest absolute Gasteiger partial charge is 0.503 e. The van der Waals surface area contributed by atoms with E-state index in [-0.39, 0.29) is 11.2 Å². The summed E-state index contributed by atoms with van der Waals surface area (Å²) in [4.78, 5) is 13.8. The molecule has 0 atom stereocenters. The normalized spacial score (nSPS) is 11.2. The van der Waals surface area contributed by atoms with E-state index < -0.39 is 0 Å². The summed E-state index contributed by atoms with van der Waals surface area (Å²) in [5.74, 6) is -0.201. The molecule has 1 heterocycles. The molecule has 0 saturated carbocycles. The number of nitrogens with zero attached hydrogens (tertiary/aromatic N) is 2. The van der Waals surface area contributed by atoms with Crippen LogP contribution in [0.15, 0.2) is 17.1 Å². The van der Waals surface area contributed by atoms with Crippen molar-refractivity contribution in [1.82, 2.24) is 9.47 Å². The lowest BCUT2D eigenvalue weighted by Gasteiger charge is -2.23. The number of aromatic hydroxyl groups is 1. The fraction of sp³-hybridized carbons (Fsp3) is 0.667. The predicted molar refractivity (Wildman–Crippen MR) is 81.7 cm³/mol. The molecule has 1 aromatic heterocycles. The average molecular weight is 298 g/mol. The Morgan fingerprint density at radius 3 is 2.38 bits per heavy atom. The van der Waals surface area contributed by atoms with Crippen molar-refractivity contribution in [2.24, 2.45) is 0 Å². The zero-order chi connectivity index (χ0) is 15.7. The Morgan fingerprint density at radius 2 is 1.86 bits per heavy atom. The van der Waals surface area contributed by atoms with E-state index in [0.717, 1.165) is 31.7 Å². The van der Waals surface area contributed by atoms with Gasteiger partial charge in [-0.05, 0) is 6.42 Å². The highest BCUT2D eigenvalue weighted by Crippen LogP contribution is 2.09. The van der Waals surface area contributed by atoms with E-state index in [1.54, 1.807) is 14.2 Å². The maximum atomic E-state index is 11.7. The van der Waals surface area contributed by atoms with E-state index in [0.29, 0.717) is 19.8 Å². The summed E-state index contributed by atoms with van der Waals surface area (Å²) >= 11 is 0. The minimum Gasteiger partial charge on any atom is -0.503 e. The van der Waals surface area contributed by atoms with Gasteiger partial charge in [0.2, 0.25) is 5.43 Å². The summed E-state index contributed by atoms with van der Waals surface area (Å²) in [6, 6.07) is 1.51. The Balaban J connectivity index is 2.89. The molecule has 0 unspecified atom stereocenters. The molecule has 0 aliphatic rings. The second kappa shape index (κ2) is 9.55. The number of hydrogen-bond acceptors (Lipinski definition) is 5. The molecule has 0 amide bonds. The van der Waals surface area contributed by atoms with E-state index in [1.807, 2.05) is 4.57 Å². The van der Waals surface area contributed by atoms with Crippen LogP contribution in [0, 0.1) is 0 Å². The molecule has 0 fully saturated rings. The first-order valence-corrected chi connectivity index (χ1v) is 7.24. The van der Waals surface area contributed by atoms with E-state index in [2.05, 4.69) is 11.8 Å². The van der Waals surface area contributed by atoms with Crippen LogP contribution in [-0.2, 0) is 22.6 Å². The second-order valence-corrected chi connectivity index (χ2v) is 4.97. The molecule has 0 bridgehead atoms. The van der Waals surface area contributed by atoms with Crippen LogP contribution in [-0.4, -0.2) is 55.1 Å². The third-order valence-electron chi connectivity index (χ3n) is 3.27. The number of pyridine rings is 1. The molecule has 6 heteroatoms. The van der Waals surface area contributed by atoms with Gasteiger partial charge in [0.05, 0.1) is 19.4 Å². The van der Waals surface area contributed by atoms with Gasteiger partial charge in [0.15, 0.2) is 5.75 Å². The Labute approximate surface area is 125 Å². The van der Waals surface area contributed by atoms with Crippen molar-refractivity contribution in [3.63, 3.8) is 0 Å². The first-order valence-electron chi connectivity index (χ1n) is 7.24. The number of rotatable bonds is 10. The standard InChI is InChI=1S/C15H26N2O4/c1-4-5-17-12-15(19)14(18)10-13(17)11-16(6-8-20-2)7-9-21-3/h10,12,19H,4-9,11H2,1-3H3. The molecule has 0 aliphatic carbocycles. The van der Waals surface area contributed by atoms with Crippen molar-refractivity contribution >= 4 is 0 Å². The first-order chi connectivity index (χ1) is 10.1. The van der Waals surface area contributed by atoms with Gasteiger partial charge in [-0.15, -0.1) is 0 Å². The zero-order valence-corrected chi connectivity index (χ0v) is 13.2. The number of ether oxygens (including phenoxy) is 2. The number of methoxy groups -OCH3 is 2. The van der Waals surface area contributed by atoms with Gasteiger partial charge in [-0.25, -0.2) is 0 Å². The first kappa shape index (κ1) is 17.7. The number of aryl methyl sites for hydroxylation is 1. The summed E-state index contributed by atoms with van der Waals surface area (Å²) in [6.07, 6.45) is 2.46. The molecule has 0 aliphatic heterocycles. The van der Waals surface area contributed by atoms with Crippen molar-refractivity contribution in [3.05, 3.63) is 28.2 Å². The van der Waals surface area contributed by atoms with Gasteiger partial charge in [0, 0.05) is 52.2 Å². The van der Waals surface area contributed by atoms with Crippen LogP contribution in [0.4, 0.5) is 0 Å². The van der Waals surface area contributed by atoms with Gasteiger partial charge >= 0.3 is 0 Å². The maximum absolute atomic E-state index is 11.7. The molecular formula is C15H26N2O4. The predicted octanol–water partition coefficient (Wildman–Crippen LogP) is 1.06. The minimum absolute atomic E-state index is 0.201. The number of aromatic nitrogens is 1. The lowest BCUT2D eigenvalue weighted by molar-refractivity contribution is 0.108. The topological polar surface area (TPSA) is 63.9 Å². The average Bonchev–Trinajstić information content (AvgIpc) is 2.47. The molecule has 0 spiro atoms. The lowest BCUT2D eigenvalue weighted by Crippen LogP contribution is -2.32. The van der Waals surface area contributed by atoms with Gasteiger partial charge in [-0.2, -0.15) is 0 Å². The van der Waals surface area contributed by atoms with Gasteiger partial charge in [-0.3, -0.25) is 9.69 Å². The highest BCUT2D eigenvalue weighted by Gasteiger charge is 2.11. The molecule has 1 rings (SSSR count). The molecule has 0 saturated heterocycles. The summed E-state index contributed by atoms with van der Waals surface area (Å²) in [5, 5.41) is 9.58. The van der Waals surface area contributed by atoms with Crippen molar-refractivity contribution in [2.45, 2.75) is 26.4 Å². The zero-order valence-electron chi connectivity index (χ0n) is 13.2.